The van der Waals surface area contributed by atoms with Crippen molar-refractivity contribution < 1.29 is 14.5 Å². The zero-order chi connectivity index (χ0) is 21.1. The maximum atomic E-state index is 13.1. The van der Waals surface area contributed by atoms with Crippen LogP contribution in [0.25, 0.3) is 0 Å². The number of pyridine rings is 1. The third-order valence-electron chi connectivity index (χ3n) is 5.17. The van der Waals surface area contributed by atoms with Gasteiger partial charge in [-0.1, -0.05) is 30.3 Å². The number of benzene rings is 1. The van der Waals surface area contributed by atoms with E-state index in [9.17, 15) is 24.5 Å². The van der Waals surface area contributed by atoms with Crippen molar-refractivity contribution in [1.29, 1.82) is 0 Å². The van der Waals surface area contributed by atoms with Gasteiger partial charge in [0.2, 0.25) is 5.91 Å². The lowest BCUT2D eigenvalue weighted by atomic mass is 10.1. The van der Waals surface area contributed by atoms with Gasteiger partial charge in [0.1, 0.15) is 12.1 Å². The van der Waals surface area contributed by atoms with E-state index < -0.39 is 34.2 Å². The maximum Gasteiger partial charge on any atom is 0.286 e. The highest BCUT2D eigenvalue weighted by atomic mass is 16.6. The lowest BCUT2D eigenvalue weighted by Crippen LogP contribution is -2.43. The summed E-state index contributed by atoms with van der Waals surface area (Å²) in [7, 11) is 0. The number of hydrogen-bond acceptors (Lipinski definition) is 5. The first-order chi connectivity index (χ1) is 13.8. The topological polar surface area (TPSA) is 129 Å². The smallest absolute Gasteiger partial charge is 0.286 e. The first kappa shape index (κ1) is 20.2. The third kappa shape index (κ3) is 4.68. The van der Waals surface area contributed by atoms with Crippen molar-refractivity contribution in [3.63, 3.8) is 0 Å². The second kappa shape index (κ2) is 8.26. The monoisotopic (exact) mass is 398 g/mol. The minimum atomic E-state index is -1.08. The molecule has 1 aromatic carbocycles. The van der Waals surface area contributed by atoms with Crippen LogP contribution in [0, 0.1) is 16.0 Å². The van der Waals surface area contributed by atoms with Crippen LogP contribution in [0.2, 0.25) is 0 Å². The number of carbonyl (C=O) groups is 2. The molecule has 2 aromatic rings. The molecule has 0 saturated heterocycles. The molecule has 2 amide bonds. The molecule has 1 aromatic heterocycles. The van der Waals surface area contributed by atoms with E-state index in [0.717, 1.165) is 35.2 Å². The van der Waals surface area contributed by atoms with Gasteiger partial charge >= 0.3 is 0 Å². The van der Waals surface area contributed by atoms with E-state index >= 15 is 0 Å². The summed E-state index contributed by atoms with van der Waals surface area (Å²) >= 11 is 0. The summed E-state index contributed by atoms with van der Waals surface area (Å²) < 4.78 is 0.887. The molecule has 9 heteroatoms. The van der Waals surface area contributed by atoms with Gasteiger partial charge in [0, 0.05) is 18.7 Å². The zero-order valence-corrected chi connectivity index (χ0v) is 16.0. The highest BCUT2D eigenvalue weighted by Crippen LogP contribution is 2.35. The fourth-order valence-corrected chi connectivity index (χ4v) is 3.32. The Bertz CT molecular complexity index is 998. The molecule has 0 aliphatic heterocycles. The number of nitro groups is 1. The highest BCUT2D eigenvalue weighted by molar-refractivity contribution is 5.93. The van der Waals surface area contributed by atoms with Crippen LogP contribution < -0.4 is 11.3 Å². The van der Waals surface area contributed by atoms with Crippen molar-refractivity contribution >= 4 is 17.5 Å². The van der Waals surface area contributed by atoms with Gasteiger partial charge in [-0.3, -0.25) is 29.1 Å². The Morgan fingerprint density at radius 3 is 2.52 bits per heavy atom. The molecule has 1 atom stereocenters. The SMILES string of the molecule is CC(C1CC1)N(Cc1ccccc1)C(=O)Cn1cc([N+](=O)[O-])cc(C(N)=O)c1=O. The normalized spacial score (nSPS) is 14.2. The van der Waals surface area contributed by atoms with Crippen LogP contribution in [0.3, 0.4) is 0 Å². The van der Waals surface area contributed by atoms with E-state index in [0.29, 0.717) is 12.5 Å². The van der Waals surface area contributed by atoms with E-state index in [2.05, 4.69) is 0 Å². The van der Waals surface area contributed by atoms with Crippen molar-refractivity contribution in [2.45, 2.75) is 38.9 Å². The average Bonchev–Trinajstić information content (AvgIpc) is 3.52. The number of hydrogen-bond donors (Lipinski definition) is 1. The van der Waals surface area contributed by atoms with E-state index in [1.165, 1.54) is 0 Å². The quantitative estimate of drug-likeness (QED) is 0.534. The molecule has 0 bridgehead atoms. The Morgan fingerprint density at radius 1 is 1.31 bits per heavy atom. The van der Waals surface area contributed by atoms with E-state index in [-0.39, 0.29) is 11.9 Å². The van der Waals surface area contributed by atoms with Gasteiger partial charge in [-0.25, -0.2) is 0 Å². The Labute approximate surface area is 166 Å². The van der Waals surface area contributed by atoms with Gasteiger partial charge in [-0.15, -0.1) is 0 Å². The Kier molecular flexibility index (Phi) is 5.76. The van der Waals surface area contributed by atoms with Gasteiger partial charge in [-0.2, -0.15) is 0 Å². The summed E-state index contributed by atoms with van der Waals surface area (Å²) in [6, 6.07) is 10.3. The number of rotatable bonds is 8. The average molecular weight is 398 g/mol. The number of primary amides is 1. The van der Waals surface area contributed by atoms with Crippen LogP contribution in [-0.4, -0.2) is 32.2 Å². The summed E-state index contributed by atoms with van der Waals surface area (Å²) in [4.78, 5) is 49.2. The van der Waals surface area contributed by atoms with Crippen LogP contribution in [0.5, 0.6) is 0 Å². The van der Waals surface area contributed by atoms with Crippen LogP contribution in [-0.2, 0) is 17.9 Å². The number of nitrogens with zero attached hydrogens (tertiary/aromatic N) is 3. The predicted octanol–water partition coefficient (Wildman–Crippen LogP) is 1.68. The molecule has 2 N–H and O–H groups in total. The molecule has 1 heterocycles. The van der Waals surface area contributed by atoms with Crippen molar-refractivity contribution in [1.82, 2.24) is 9.47 Å². The molecule has 1 aliphatic rings. The molecular weight excluding hydrogens is 376 g/mol. The maximum absolute atomic E-state index is 13.1. The summed E-state index contributed by atoms with van der Waals surface area (Å²) in [6.07, 6.45) is 3.03. The molecule has 1 fully saturated rings. The highest BCUT2D eigenvalue weighted by Gasteiger charge is 2.34. The minimum Gasteiger partial charge on any atom is -0.365 e. The fourth-order valence-electron chi connectivity index (χ4n) is 3.32. The molecule has 0 radical (unpaired) electrons. The molecule has 3 rings (SSSR count). The molecule has 152 valence electrons. The first-order valence-corrected chi connectivity index (χ1v) is 9.30. The minimum absolute atomic E-state index is 0.0345. The van der Waals surface area contributed by atoms with Crippen LogP contribution in [0.1, 0.15) is 35.7 Å². The predicted molar refractivity (Wildman–Crippen MR) is 105 cm³/mol. The Morgan fingerprint density at radius 2 is 1.97 bits per heavy atom. The lowest BCUT2D eigenvalue weighted by Gasteiger charge is -2.30. The van der Waals surface area contributed by atoms with Gasteiger partial charge < -0.3 is 10.6 Å². The van der Waals surface area contributed by atoms with Gasteiger partial charge in [0.05, 0.1) is 11.1 Å². The van der Waals surface area contributed by atoms with Crippen LogP contribution in [0.4, 0.5) is 5.69 Å². The largest absolute Gasteiger partial charge is 0.365 e. The van der Waals surface area contributed by atoms with Crippen LogP contribution >= 0.6 is 0 Å². The Hall–Kier alpha value is -3.49. The van der Waals surface area contributed by atoms with Gasteiger partial charge in [0.25, 0.3) is 17.2 Å². The molecule has 1 saturated carbocycles. The summed E-state index contributed by atoms with van der Waals surface area (Å²) in [5, 5.41) is 11.1. The third-order valence-corrected chi connectivity index (χ3v) is 5.17. The van der Waals surface area contributed by atoms with E-state index in [4.69, 9.17) is 5.73 Å². The van der Waals surface area contributed by atoms with Crippen molar-refractivity contribution in [2.75, 3.05) is 0 Å². The molecule has 29 heavy (non-hydrogen) atoms. The summed E-state index contributed by atoms with van der Waals surface area (Å²) in [5.41, 5.74) is 4.30. The van der Waals surface area contributed by atoms with Crippen molar-refractivity contribution in [3.8, 4) is 0 Å². The molecule has 1 aliphatic carbocycles. The van der Waals surface area contributed by atoms with Gasteiger partial charge in [-0.05, 0) is 31.2 Å². The van der Waals surface area contributed by atoms with E-state index in [1.807, 2.05) is 37.3 Å². The molecule has 9 nitrogen and oxygen atoms in total. The number of nitrogens with two attached hydrogens (primary N) is 1. The molecular formula is C20H22N4O5. The van der Waals surface area contributed by atoms with Gasteiger partial charge in [0.15, 0.2) is 0 Å². The lowest BCUT2D eigenvalue weighted by molar-refractivity contribution is -0.385. The summed E-state index contributed by atoms with van der Waals surface area (Å²) in [5.74, 6) is -1.04. The number of amides is 2. The standard InChI is InChI=1S/C20H22N4O5/c1-13(15-7-8-15)23(10-14-5-3-2-4-6-14)18(25)12-22-11-16(24(28)29)9-17(19(21)26)20(22)27/h2-6,9,11,13,15H,7-8,10,12H2,1H3,(H2,21,26). The Balaban J connectivity index is 1.92. The zero-order valence-electron chi connectivity index (χ0n) is 16.0. The second-order valence-corrected chi connectivity index (χ2v) is 7.25. The second-order valence-electron chi connectivity index (χ2n) is 7.25. The summed E-state index contributed by atoms with van der Waals surface area (Å²) in [6.45, 7) is 1.91. The van der Waals surface area contributed by atoms with E-state index in [1.54, 1.807) is 4.90 Å². The fraction of sp³-hybridized carbons (Fsp3) is 0.350. The number of carbonyl (C=O) groups excluding carboxylic acids is 2. The van der Waals surface area contributed by atoms with Crippen molar-refractivity contribution in [3.05, 3.63) is 74.2 Å². The first-order valence-electron chi connectivity index (χ1n) is 9.30. The molecule has 1 unspecified atom stereocenters. The van der Waals surface area contributed by atoms with Crippen LogP contribution in [0.15, 0.2) is 47.4 Å². The molecule has 0 spiro atoms. The van der Waals surface area contributed by atoms with Crippen molar-refractivity contribution in [2.24, 2.45) is 11.7 Å². The number of aromatic nitrogens is 1.